The zero-order valence-electron chi connectivity index (χ0n) is 14.2. The van der Waals surface area contributed by atoms with E-state index in [0.717, 1.165) is 22.7 Å². The van der Waals surface area contributed by atoms with Crippen molar-refractivity contribution in [2.24, 2.45) is 5.92 Å². The highest BCUT2D eigenvalue weighted by Gasteiger charge is 2.35. The van der Waals surface area contributed by atoms with Gasteiger partial charge in [-0.15, -0.1) is 0 Å². The van der Waals surface area contributed by atoms with Gasteiger partial charge in [0.15, 0.2) is 0 Å². The van der Waals surface area contributed by atoms with Gasteiger partial charge in [-0.2, -0.15) is 0 Å². The highest BCUT2D eigenvalue weighted by atomic mass is 16.5. The second-order valence-corrected chi connectivity index (χ2v) is 6.72. The first-order chi connectivity index (χ1) is 12.0. The Morgan fingerprint density at radius 1 is 1.40 bits per heavy atom. The number of fused-ring (bicyclic) bond motifs is 1. The normalized spacial score (nSPS) is 20.5. The minimum atomic E-state index is -0.576. The van der Waals surface area contributed by atoms with Crippen molar-refractivity contribution in [3.05, 3.63) is 53.3 Å². The predicted molar refractivity (Wildman–Crippen MR) is 90.3 cm³/mol. The Labute approximate surface area is 144 Å². The van der Waals surface area contributed by atoms with E-state index in [0.29, 0.717) is 25.2 Å². The van der Waals surface area contributed by atoms with Gasteiger partial charge in [0.25, 0.3) is 5.91 Å². The Balaban J connectivity index is 1.51. The maximum Gasteiger partial charge on any atom is 0.274 e. The molecule has 0 saturated carbocycles. The lowest BCUT2D eigenvalue weighted by molar-refractivity contribution is 0.0759. The molecule has 1 fully saturated rings. The van der Waals surface area contributed by atoms with Crippen LogP contribution in [-0.4, -0.2) is 49.6 Å². The molecule has 0 bridgehead atoms. The van der Waals surface area contributed by atoms with Crippen LogP contribution in [0.4, 0.5) is 0 Å². The maximum absolute atomic E-state index is 12.8. The molecule has 0 spiro atoms. The molecule has 1 aliphatic heterocycles. The Kier molecular flexibility index (Phi) is 3.80. The van der Waals surface area contributed by atoms with Crippen LogP contribution in [0.1, 0.15) is 27.5 Å². The first-order valence-electron chi connectivity index (χ1n) is 8.35. The number of nitrogens with zero attached hydrogens (tertiary/aromatic N) is 4. The van der Waals surface area contributed by atoms with Crippen LogP contribution in [0.3, 0.4) is 0 Å². The number of carbonyl (C=O) groups is 1. The number of likely N-dealkylation sites (tertiary alicyclic amines) is 1. The Bertz CT molecular complexity index is 929. The summed E-state index contributed by atoms with van der Waals surface area (Å²) in [5.74, 6) is 0.521. The molecule has 3 aromatic heterocycles. The fourth-order valence-corrected chi connectivity index (χ4v) is 3.41. The van der Waals surface area contributed by atoms with Crippen molar-refractivity contribution in [3.8, 4) is 0 Å². The molecular weight excluding hydrogens is 320 g/mol. The molecule has 0 aromatic carbocycles. The second-order valence-electron chi connectivity index (χ2n) is 6.72. The number of β-amino-alcohol motifs (C(OH)–C–C–N with tert-alkyl or cyclic N) is 1. The summed E-state index contributed by atoms with van der Waals surface area (Å²) in [6.07, 6.45) is 3.60. The van der Waals surface area contributed by atoms with Crippen LogP contribution >= 0.6 is 0 Å². The van der Waals surface area contributed by atoms with Crippen LogP contribution in [0, 0.1) is 19.8 Å². The number of hydrogen-bond donors (Lipinski definition) is 1. The average molecular weight is 340 g/mol. The van der Waals surface area contributed by atoms with Crippen molar-refractivity contribution in [3.63, 3.8) is 0 Å². The van der Waals surface area contributed by atoms with Crippen LogP contribution < -0.4 is 0 Å². The van der Waals surface area contributed by atoms with E-state index in [2.05, 4.69) is 10.1 Å². The van der Waals surface area contributed by atoms with Crippen LogP contribution in [0.2, 0.25) is 0 Å². The molecule has 1 saturated heterocycles. The van der Waals surface area contributed by atoms with Gasteiger partial charge < -0.3 is 18.9 Å². The molecular formula is C18H20N4O3. The second kappa shape index (κ2) is 6.00. The molecule has 1 amide bonds. The summed E-state index contributed by atoms with van der Waals surface area (Å²) in [5, 5.41) is 14.2. The minimum Gasteiger partial charge on any atom is -0.391 e. The SMILES string of the molecule is Cc1cc(C[C@@H]2CN(C(=O)c3cn4cccc(C)c4n3)C[C@H]2O)on1. The molecule has 7 nitrogen and oxygen atoms in total. The van der Waals surface area contributed by atoms with Crippen LogP contribution in [0.5, 0.6) is 0 Å². The Morgan fingerprint density at radius 3 is 2.96 bits per heavy atom. The standard InChI is InChI=1S/C18H20N4O3/c1-11-4-3-5-21-9-15(19-17(11)21)18(24)22-8-13(16(23)10-22)7-14-6-12(2)20-25-14/h3-6,9,13,16,23H,7-8,10H2,1-2H3/t13-,16-/m1/s1. The van der Waals surface area contributed by atoms with E-state index in [9.17, 15) is 9.90 Å². The largest absolute Gasteiger partial charge is 0.391 e. The van der Waals surface area contributed by atoms with Gasteiger partial charge in [-0.3, -0.25) is 4.79 Å². The fourth-order valence-electron chi connectivity index (χ4n) is 3.41. The minimum absolute atomic E-state index is 0.0601. The van der Waals surface area contributed by atoms with E-state index < -0.39 is 6.10 Å². The summed E-state index contributed by atoms with van der Waals surface area (Å²) in [6, 6.07) is 5.75. The monoisotopic (exact) mass is 340 g/mol. The number of pyridine rings is 1. The van der Waals surface area contributed by atoms with Crippen molar-refractivity contribution in [2.45, 2.75) is 26.4 Å². The number of rotatable bonds is 3. The van der Waals surface area contributed by atoms with E-state index >= 15 is 0 Å². The average Bonchev–Trinajstić information content (AvgIpc) is 3.27. The van der Waals surface area contributed by atoms with Gasteiger partial charge in [0.05, 0.1) is 11.8 Å². The van der Waals surface area contributed by atoms with Gasteiger partial charge in [0, 0.05) is 43.9 Å². The van der Waals surface area contributed by atoms with Crippen LogP contribution in [0.15, 0.2) is 35.1 Å². The number of aliphatic hydroxyl groups excluding tert-OH is 1. The van der Waals surface area contributed by atoms with E-state index in [-0.39, 0.29) is 11.8 Å². The summed E-state index contributed by atoms with van der Waals surface area (Å²) in [4.78, 5) is 18.9. The molecule has 4 heterocycles. The smallest absolute Gasteiger partial charge is 0.274 e. The fraction of sp³-hybridized carbons (Fsp3) is 0.389. The number of carbonyl (C=O) groups excluding carboxylic acids is 1. The van der Waals surface area contributed by atoms with Gasteiger partial charge in [0.2, 0.25) is 0 Å². The summed E-state index contributed by atoms with van der Waals surface area (Å²) in [7, 11) is 0. The molecule has 0 unspecified atom stereocenters. The lowest BCUT2D eigenvalue weighted by atomic mass is 10.0. The van der Waals surface area contributed by atoms with Crippen molar-refractivity contribution in [1.82, 2.24) is 19.4 Å². The molecule has 1 aliphatic rings. The number of imidazole rings is 1. The van der Waals surface area contributed by atoms with Gasteiger partial charge in [-0.05, 0) is 25.5 Å². The topological polar surface area (TPSA) is 83.9 Å². The molecule has 2 atom stereocenters. The third-order valence-electron chi connectivity index (χ3n) is 4.73. The maximum atomic E-state index is 12.8. The Hall–Kier alpha value is -2.67. The first-order valence-corrected chi connectivity index (χ1v) is 8.35. The summed E-state index contributed by atoms with van der Waals surface area (Å²) in [5.41, 5.74) is 3.01. The van der Waals surface area contributed by atoms with Crippen LogP contribution in [-0.2, 0) is 6.42 Å². The molecule has 4 rings (SSSR count). The number of aromatic nitrogens is 3. The van der Waals surface area contributed by atoms with Crippen molar-refractivity contribution in [1.29, 1.82) is 0 Å². The lowest BCUT2D eigenvalue weighted by Gasteiger charge is -2.14. The van der Waals surface area contributed by atoms with Crippen molar-refractivity contribution >= 4 is 11.6 Å². The number of aliphatic hydroxyl groups is 1. The molecule has 0 radical (unpaired) electrons. The highest BCUT2D eigenvalue weighted by Crippen LogP contribution is 2.23. The number of hydrogen-bond acceptors (Lipinski definition) is 5. The zero-order chi connectivity index (χ0) is 17.6. The zero-order valence-corrected chi connectivity index (χ0v) is 14.2. The highest BCUT2D eigenvalue weighted by molar-refractivity contribution is 5.93. The summed E-state index contributed by atoms with van der Waals surface area (Å²) < 4.78 is 7.08. The van der Waals surface area contributed by atoms with E-state index in [1.165, 1.54) is 0 Å². The van der Waals surface area contributed by atoms with Gasteiger partial charge >= 0.3 is 0 Å². The summed E-state index contributed by atoms with van der Waals surface area (Å²) >= 11 is 0. The van der Waals surface area contributed by atoms with Gasteiger partial charge in [0.1, 0.15) is 17.1 Å². The Morgan fingerprint density at radius 2 is 2.24 bits per heavy atom. The van der Waals surface area contributed by atoms with Crippen molar-refractivity contribution < 1.29 is 14.4 Å². The quantitative estimate of drug-likeness (QED) is 0.783. The molecule has 130 valence electrons. The predicted octanol–water partition coefficient (Wildman–Crippen LogP) is 1.61. The van der Waals surface area contributed by atoms with E-state index in [4.69, 9.17) is 4.52 Å². The van der Waals surface area contributed by atoms with Crippen molar-refractivity contribution in [2.75, 3.05) is 13.1 Å². The third-order valence-corrected chi connectivity index (χ3v) is 4.73. The third kappa shape index (κ3) is 2.91. The first kappa shape index (κ1) is 15.8. The molecule has 3 aromatic rings. The van der Waals surface area contributed by atoms with Gasteiger partial charge in [-0.25, -0.2) is 4.98 Å². The van der Waals surface area contributed by atoms with E-state index in [1.807, 2.05) is 42.6 Å². The molecule has 0 aliphatic carbocycles. The van der Waals surface area contributed by atoms with E-state index in [1.54, 1.807) is 11.1 Å². The number of amides is 1. The van der Waals surface area contributed by atoms with Gasteiger partial charge in [-0.1, -0.05) is 11.2 Å². The van der Waals surface area contributed by atoms with Crippen LogP contribution in [0.25, 0.3) is 5.65 Å². The summed E-state index contributed by atoms with van der Waals surface area (Å²) in [6.45, 7) is 4.61. The molecule has 25 heavy (non-hydrogen) atoms. The lowest BCUT2D eigenvalue weighted by Crippen LogP contribution is -2.29. The molecule has 7 heteroatoms. The molecule has 1 N–H and O–H groups in total. The number of aryl methyl sites for hydroxylation is 2.